The Hall–Kier alpha value is -1.87. The smallest absolute Gasteiger partial charge is 0.744 e. The summed E-state index contributed by atoms with van der Waals surface area (Å²) in [5.74, 6) is 0. The molecule has 0 aliphatic heterocycles. The van der Waals surface area contributed by atoms with E-state index in [-0.39, 0.29) is 37.1 Å². The van der Waals surface area contributed by atoms with Gasteiger partial charge in [0.15, 0.2) is 0 Å². The maximum atomic E-state index is 10.3. The summed E-state index contributed by atoms with van der Waals surface area (Å²) in [4.78, 5) is -0.556. The third kappa shape index (κ3) is 11.9. The maximum Gasteiger partial charge on any atom is 3.00 e. The molecule has 3 rings (SSSR count). The Labute approximate surface area is 196 Å². The molecule has 0 spiro atoms. The van der Waals surface area contributed by atoms with E-state index < -0.39 is 30.4 Å². The Kier molecular flexibility index (Phi) is 12.1. The van der Waals surface area contributed by atoms with Crippen molar-refractivity contribution in [3.05, 3.63) is 91.0 Å². The van der Waals surface area contributed by atoms with Gasteiger partial charge in [-0.3, -0.25) is 0 Å². The average molecular weight is 579 g/mol. The minimum Gasteiger partial charge on any atom is -0.744 e. The largest absolute Gasteiger partial charge is 3.00 e. The van der Waals surface area contributed by atoms with Gasteiger partial charge in [0, 0.05) is 0 Å². The second-order valence-corrected chi connectivity index (χ2v) is 9.44. The molecule has 0 aliphatic carbocycles. The molecule has 0 N–H and O–H groups in total. The zero-order valence-electron chi connectivity index (χ0n) is 15.4. The Morgan fingerprint density at radius 3 is 0.645 bits per heavy atom. The normalized spacial score (nSPS) is 10.9. The molecule has 0 atom stereocenters. The van der Waals surface area contributed by atoms with E-state index in [9.17, 15) is 38.9 Å². The molecule has 3 aromatic rings. The summed E-state index contributed by atoms with van der Waals surface area (Å²) in [6.45, 7) is 0. The van der Waals surface area contributed by atoms with Crippen LogP contribution in [0.2, 0.25) is 0 Å². The predicted molar refractivity (Wildman–Crippen MR) is 103 cm³/mol. The van der Waals surface area contributed by atoms with E-state index in [4.69, 9.17) is 0 Å². The molecule has 0 unspecified atom stereocenters. The van der Waals surface area contributed by atoms with Gasteiger partial charge < -0.3 is 13.7 Å². The van der Waals surface area contributed by atoms with Crippen molar-refractivity contribution in [1.29, 1.82) is 0 Å². The molecule has 0 amide bonds. The van der Waals surface area contributed by atoms with E-state index >= 15 is 0 Å². The van der Waals surface area contributed by atoms with Gasteiger partial charge in [-0.05, 0) is 36.4 Å². The Bertz CT molecular complexity index is 1070. The number of hydrogen-bond acceptors (Lipinski definition) is 9. The third-order valence-electron chi connectivity index (χ3n) is 3.10. The maximum absolute atomic E-state index is 10.3. The summed E-state index contributed by atoms with van der Waals surface area (Å²) in [5, 5.41) is 0. The van der Waals surface area contributed by atoms with Crippen molar-refractivity contribution in [3.63, 3.8) is 0 Å². The standard InChI is InChI=1S/3C6H6O3S.Ag/c3*7-10(8,9)6-4-2-1-3-5-6;/h3*1-5H,(H,7,8,9);/q;;;+3/p-3. The molecule has 13 heteroatoms. The molecule has 0 heterocycles. The molecule has 0 saturated carbocycles. The molecule has 0 aromatic heterocycles. The second-order valence-electron chi connectivity index (χ2n) is 5.30. The number of hydrogen-bond donors (Lipinski definition) is 0. The van der Waals surface area contributed by atoms with E-state index in [0.29, 0.717) is 0 Å². The van der Waals surface area contributed by atoms with Crippen LogP contribution in [0.5, 0.6) is 0 Å². The van der Waals surface area contributed by atoms with Crippen molar-refractivity contribution >= 4 is 30.4 Å². The first-order valence-electron chi connectivity index (χ1n) is 7.84. The van der Waals surface area contributed by atoms with Crippen molar-refractivity contribution in [1.82, 2.24) is 0 Å². The van der Waals surface area contributed by atoms with Gasteiger partial charge in [0.1, 0.15) is 30.4 Å². The summed E-state index contributed by atoms with van der Waals surface area (Å²) in [6, 6.07) is 21.6. The summed E-state index contributed by atoms with van der Waals surface area (Å²) in [6.07, 6.45) is 0. The van der Waals surface area contributed by atoms with Crippen LogP contribution in [0.1, 0.15) is 0 Å². The van der Waals surface area contributed by atoms with Gasteiger partial charge >= 0.3 is 22.4 Å². The van der Waals surface area contributed by atoms with Gasteiger partial charge in [-0.2, -0.15) is 0 Å². The van der Waals surface area contributed by atoms with Crippen molar-refractivity contribution < 1.29 is 61.3 Å². The minimum atomic E-state index is -4.25. The van der Waals surface area contributed by atoms with Crippen LogP contribution in [0.25, 0.3) is 0 Å². The summed E-state index contributed by atoms with van der Waals surface area (Å²) in [7, 11) is -12.8. The van der Waals surface area contributed by atoms with Crippen molar-refractivity contribution in [2.24, 2.45) is 0 Å². The Balaban J connectivity index is 0.000000429. The van der Waals surface area contributed by atoms with Crippen LogP contribution in [0.3, 0.4) is 0 Å². The quantitative estimate of drug-likeness (QED) is 0.331. The first kappa shape index (κ1) is 29.1. The number of benzene rings is 3. The Morgan fingerprint density at radius 2 is 0.548 bits per heavy atom. The van der Waals surface area contributed by atoms with Gasteiger partial charge in [-0.1, -0.05) is 54.6 Å². The monoisotopic (exact) mass is 578 g/mol. The third-order valence-corrected chi connectivity index (χ3v) is 5.64. The van der Waals surface area contributed by atoms with Crippen molar-refractivity contribution in [2.75, 3.05) is 0 Å². The fourth-order valence-electron chi connectivity index (χ4n) is 1.76. The van der Waals surface area contributed by atoms with Crippen LogP contribution in [0, 0.1) is 0 Å². The van der Waals surface area contributed by atoms with Gasteiger partial charge in [0.2, 0.25) is 0 Å². The summed E-state index contributed by atoms with van der Waals surface area (Å²) in [5.41, 5.74) is 0. The van der Waals surface area contributed by atoms with Crippen LogP contribution in [-0.4, -0.2) is 38.9 Å². The molecule has 3 aromatic carbocycles. The topological polar surface area (TPSA) is 172 Å². The van der Waals surface area contributed by atoms with Gasteiger partial charge in [0.25, 0.3) is 0 Å². The molecular weight excluding hydrogens is 564 g/mol. The van der Waals surface area contributed by atoms with E-state index in [0.717, 1.165) is 0 Å². The zero-order valence-corrected chi connectivity index (χ0v) is 19.3. The van der Waals surface area contributed by atoms with E-state index in [1.807, 2.05) is 0 Å². The fourth-order valence-corrected chi connectivity index (χ4v) is 3.23. The fraction of sp³-hybridized carbons (Fsp3) is 0. The molecule has 0 bridgehead atoms. The second kappa shape index (κ2) is 12.9. The Morgan fingerprint density at radius 1 is 0.387 bits per heavy atom. The van der Waals surface area contributed by atoms with Gasteiger partial charge in [-0.25, -0.2) is 25.3 Å². The predicted octanol–water partition coefficient (Wildman–Crippen LogP) is 1.77. The molecular formula is C18H15AgO9S3. The number of rotatable bonds is 3. The van der Waals surface area contributed by atoms with E-state index in [1.54, 1.807) is 18.2 Å². The van der Waals surface area contributed by atoms with Crippen LogP contribution in [0.4, 0.5) is 0 Å². The summed E-state index contributed by atoms with van der Waals surface area (Å²) < 4.78 is 92.5. The van der Waals surface area contributed by atoms with Gasteiger partial charge in [0.05, 0.1) is 14.7 Å². The first-order valence-corrected chi connectivity index (χ1v) is 12.1. The van der Waals surface area contributed by atoms with Crippen LogP contribution >= 0.6 is 0 Å². The van der Waals surface area contributed by atoms with Crippen LogP contribution in [0.15, 0.2) is 106 Å². The average Bonchev–Trinajstić information content (AvgIpc) is 2.69. The minimum absolute atomic E-state index is 0. The zero-order chi connectivity index (χ0) is 22.8. The first-order chi connectivity index (χ1) is 13.8. The molecule has 0 saturated heterocycles. The van der Waals surface area contributed by atoms with Crippen molar-refractivity contribution in [3.8, 4) is 0 Å². The molecule has 0 fully saturated rings. The molecule has 0 aliphatic rings. The van der Waals surface area contributed by atoms with Gasteiger partial charge in [-0.15, -0.1) is 0 Å². The van der Waals surface area contributed by atoms with Crippen LogP contribution in [-0.2, 0) is 52.7 Å². The molecule has 9 nitrogen and oxygen atoms in total. The molecule has 0 radical (unpaired) electrons. The van der Waals surface area contributed by atoms with E-state index in [1.165, 1.54) is 72.8 Å². The molecule has 31 heavy (non-hydrogen) atoms. The molecule has 170 valence electrons. The SMILES string of the molecule is O=S(=O)([O-])c1ccccc1.O=S(=O)([O-])c1ccccc1.O=S(=O)([O-])c1ccccc1.[Ag+3]. The van der Waals surface area contributed by atoms with E-state index in [2.05, 4.69) is 0 Å². The van der Waals surface area contributed by atoms with Crippen LogP contribution < -0.4 is 0 Å². The summed E-state index contributed by atoms with van der Waals surface area (Å²) >= 11 is 0. The van der Waals surface area contributed by atoms with Crippen molar-refractivity contribution in [2.45, 2.75) is 14.7 Å².